The summed E-state index contributed by atoms with van der Waals surface area (Å²) in [5.74, 6) is 0.222. The fourth-order valence-electron chi connectivity index (χ4n) is 3.12. The number of aromatic amines is 1. The third-order valence-electron chi connectivity index (χ3n) is 4.27. The average molecular weight is 334 g/mol. The van der Waals surface area contributed by atoms with E-state index in [0.717, 1.165) is 34.1 Å². The van der Waals surface area contributed by atoms with Gasteiger partial charge in [0.2, 0.25) is 0 Å². The topological polar surface area (TPSA) is 36.0 Å². The van der Waals surface area contributed by atoms with Crippen molar-refractivity contribution in [3.63, 3.8) is 0 Å². The van der Waals surface area contributed by atoms with Gasteiger partial charge in [0.25, 0.3) is 0 Å². The zero-order chi connectivity index (χ0) is 16.5. The number of nitrogens with one attached hydrogen (secondary N) is 1. The van der Waals surface area contributed by atoms with Crippen molar-refractivity contribution >= 4 is 22.5 Å². The van der Waals surface area contributed by atoms with Crippen molar-refractivity contribution in [1.82, 2.24) is 4.98 Å². The molecule has 4 rings (SSSR count). The second-order valence-electron chi connectivity index (χ2n) is 5.85. The molecule has 24 heavy (non-hydrogen) atoms. The van der Waals surface area contributed by atoms with E-state index in [0.29, 0.717) is 5.02 Å². The van der Waals surface area contributed by atoms with Crippen LogP contribution in [0.1, 0.15) is 11.1 Å². The van der Waals surface area contributed by atoms with Gasteiger partial charge in [-0.05, 0) is 35.4 Å². The fourth-order valence-corrected chi connectivity index (χ4v) is 3.29. The summed E-state index contributed by atoms with van der Waals surface area (Å²) in [5.41, 5.74) is 5.09. The molecule has 2 N–H and O–H groups in total. The molecule has 3 heteroatoms. The van der Waals surface area contributed by atoms with Crippen molar-refractivity contribution in [3.05, 3.63) is 88.9 Å². The molecule has 1 aromatic heterocycles. The number of hydrogen-bond acceptors (Lipinski definition) is 1. The molecule has 3 aromatic carbocycles. The molecule has 0 fully saturated rings. The number of para-hydroxylation sites is 1. The van der Waals surface area contributed by atoms with Gasteiger partial charge in [-0.1, -0.05) is 60.1 Å². The highest BCUT2D eigenvalue weighted by molar-refractivity contribution is 6.31. The second-order valence-corrected chi connectivity index (χ2v) is 6.28. The van der Waals surface area contributed by atoms with Crippen LogP contribution in [-0.4, -0.2) is 10.1 Å². The van der Waals surface area contributed by atoms with Gasteiger partial charge < -0.3 is 10.1 Å². The lowest BCUT2D eigenvalue weighted by molar-refractivity contribution is 0.477. The van der Waals surface area contributed by atoms with Crippen LogP contribution >= 0.6 is 11.6 Å². The molecule has 4 aromatic rings. The van der Waals surface area contributed by atoms with E-state index < -0.39 is 0 Å². The molecule has 118 valence electrons. The summed E-state index contributed by atoms with van der Waals surface area (Å²) in [5, 5.41) is 12.1. The van der Waals surface area contributed by atoms with Crippen LogP contribution < -0.4 is 0 Å². The number of hydrogen-bond donors (Lipinski definition) is 2. The summed E-state index contributed by atoms with van der Waals surface area (Å²) in [6.07, 6.45) is 0.784. The number of benzene rings is 3. The predicted molar refractivity (Wildman–Crippen MR) is 99.7 cm³/mol. The molecule has 0 aliphatic rings. The van der Waals surface area contributed by atoms with E-state index >= 15 is 0 Å². The van der Waals surface area contributed by atoms with E-state index in [1.807, 2.05) is 30.3 Å². The molecule has 0 bridgehead atoms. The Kier molecular flexibility index (Phi) is 3.75. The summed E-state index contributed by atoms with van der Waals surface area (Å²) in [6, 6.07) is 23.7. The van der Waals surface area contributed by atoms with Gasteiger partial charge in [0, 0.05) is 27.9 Å². The predicted octanol–water partition coefficient (Wildman–Crippen LogP) is 5.78. The van der Waals surface area contributed by atoms with Crippen LogP contribution in [0.3, 0.4) is 0 Å². The summed E-state index contributed by atoms with van der Waals surface area (Å²) >= 11 is 6.15. The lowest BCUT2D eigenvalue weighted by Gasteiger charge is -2.08. The number of fused-ring (bicyclic) bond motifs is 1. The van der Waals surface area contributed by atoms with E-state index in [1.165, 1.54) is 5.56 Å². The lowest BCUT2D eigenvalue weighted by atomic mass is 9.98. The minimum atomic E-state index is 0.222. The molecule has 0 spiro atoms. The highest BCUT2D eigenvalue weighted by atomic mass is 35.5. The molecule has 2 nitrogen and oxygen atoms in total. The maximum Gasteiger partial charge on any atom is 0.125 e. The summed E-state index contributed by atoms with van der Waals surface area (Å²) < 4.78 is 0. The minimum Gasteiger partial charge on any atom is -0.507 e. The first-order chi connectivity index (χ1) is 11.7. The number of phenolic OH excluding ortho intramolecular Hbond substituents is 1. The van der Waals surface area contributed by atoms with Crippen LogP contribution in [0.15, 0.2) is 72.8 Å². The van der Waals surface area contributed by atoms with E-state index in [4.69, 9.17) is 11.6 Å². The van der Waals surface area contributed by atoms with Crippen LogP contribution in [0.5, 0.6) is 5.75 Å². The lowest BCUT2D eigenvalue weighted by Crippen LogP contribution is -1.91. The Morgan fingerprint density at radius 1 is 0.875 bits per heavy atom. The number of rotatable bonds is 3. The van der Waals surface area contributed by atoms with E-state index in [-0.39, 0.29) is 5.75 Å². The van der Waals surface area contributed by atoms with Gasteiger partial charge in [-0.3, -0.25) is 0 Å². The largest absolute Gasteiger partial charge is 0.507 e. The summed E-state index contributed by atoms with van der Waals surface area (Å²) in [6.45, 7) is 0. The Morgan fingerprint density at radius 3 is 2.46 bits per heavy atom. The van der Waals surface area contributed by atoms with Crippen LogP contribution in [0.25, 0.3) is 22.2 Å². The fraction of sp³-hybridized carbons (Fsp3) is 0.0476. The van der Waals surface area contributed by atoms with Gasteiger partial charge in [0.1, 0.15) is 5.75 Å². The van der Waals surface area contributed by atoms with Crippen molar-refractivity contribution < 1.29 is 5.11 Å². The smallest absolute Gasteiger partial charge is 0.125 e. The molecule has 0 aliphatic carbocycles. The zero-order valence-electron chi connectivity index (χ0n) is 13.0. The van der Waals surface area contributed by atoms with Gasteiger partial charge in [-0.2, -0.15) is 0 Å². The maximum atomic E-state index is 10.3. The van der Waals surface area contributed by atoms with Gasteiger partial charge >= 0.3 is 0 Å². The van der Waals surface area contributed by atoms with Gasteiger partial charge in [0.15, 0.2) is 0 Å². The molecule has 1 heterocycles. The first kappa shape index (κ1) is 14.9. The summed E-state index contributed by atoms with van der Waals surface area (Å²) in [7, 11) is 0. The quantitative estimate of drug-likeness (QED) is 0.489. The zero-order valence-corrected chi connectivity index (χ0v) is 13.7. The number of H-pyrrole nitrogens is 1. The molecule has 0 saturated heterocycles. The van der Waals surface area contributed by atoms with Crippen molar-refractivity contribution in [1.29, 1.82) is 0 Å². The monoisotopic (exact) mass is 333 g/mol. The molecular formula is C21H16ClNO. The van der Waals surface area contributed by atoms with Crippen LogP contribution in [0, 0.1) is 0 Å². The number of aromatic nitrogens is 1. The third kappa shape index (κ3) is 2.66. The second kappa shape index (κ2) is 6.06. The highest BCUT2D eigenvalue weighted by Gasteiger charge is 2.16. The third-order valence-corrected chi connectivity index (χ3v) is 4.50. The Labute approximate surface area is 145 Å². The van der Waals surface area contributed by atoms with Crippen molar-refractivity contribution in [2.75, 3.05) is 0 Å². The molecular weight excluding hydrogens is 318 g/mol. The molecule has 0 aliphatic heterocycles. The Morgan fingerprint density at radius 2 is 1.62 bits per heavy atom. The van der Waals surface area contributed by atoms with Crippen LogP contribution in [-0.2, 0) is 6.42 Å². The summed E-state index contributed by atoms with van der Waals surface area (Å²) in [4.78, 5) is 3.45. The number of aromatic hydroxyl groups is 1. The molecule has 0 atom stereocenters. The van der Waals surface area contributed by atoms with E-state index in [9.17, 15) is 5.11 Å². The highest BCUT2D eigenvalue weighted by Crippen LogP contribution is 2.37. The van der Waals surface area contributed by atoms with Gasteiger partial charge in [-0.25, -0.2) is 0 Å². The van der Waals surface area contributed by atoms with E-state index in [2.05, 4.69) is 29.2 Å². The van der Waals surface area contributed by atoms with Crippen molar-refractivity contribution in [2.24, 2.45) is 0 Å². The van der Waals surface area contributed by atoms with Crippen molar-refractivity contribution in [2.45, 2.75) is 6.42 Å². The van der Waals surface area contributed by atoms with Crippen LogP contribution in [0.4, 0.5) is 0 Å². The molecule has 0 radical (unpaired) electrons. The van der Waals surface area contributed by atoms with Crippen molar-refractivity contribution in [3.8, 4) is 17.0 Å². The first-order valence-electron chi connectivity index (χ1n) is 7.85. The normalized spacial score (nSPS) is 11.0. The minimum absolute atomic E-state index is 0.222. The van der Waals surface area contributed by atoms with Gasteiger partial charge in [0.05, 0.1) is 5.69 Å². The Hall–Kier alpha value is -2.71. The maximum absolute atomic E-state index is 10.3. The SMILES string of the molecule is Oc1ccc(Cl)cc1-c1[nH]c2ccccc2c1Cc1ccccc1. The molecule has 0 amide bonds. The standard InChI is InChI=1S/C21H16ClNO/c22-15-10-11-20(24)18(13-15)21-17(12-14-6-2-1-3-7-14)16-8-4-5-9-19(16)23-21/h1-11,13,23-24H,12H2. The van der Waals surface area contributed by atoms with Gasteiger partial charge in [-0.15, -0.1) is 0 Å². The Balaban J connectivity index is 1.95. The molecule has 0 unspecified atom stereocenters. The first-order valence-corrected chi connectivity index (χ1v) is 8.22. The van der Waals surface area contributed by atoms with E-state index in [1.54, 1.807) is 18.2 Å². The number of phenols is 1. The Bertz CT molecular complexity index is 1000. The molecule has 0 saturated carbocycles. The van der Waals surface area contributed by atoms with Crippen LogP contribution in [0.2, 0.25) is 5.02 Å². The number of halogens is 1. The average Bonchev–Trinajstić information content (AvgIpc) is 2.96.